The summed E-state index contributed by atoms with van der Waals surface area (Å²) in [6.07, 6.45) is 3.45. The van der Waals surface area contributed by atoms with Crippen molar-refractivity contribution in [3.8, 4) is 11.1 Å². The first-order valence-corrected chi connectivity index (χ1v) is 9.84. The lowest BCUT2D eigenvalue weighted by molar-refractivity contribution is 1.09. The molecule has 24 heavy (non-hydrogen) atoms. The van der Waals surface area contributed by atoms with E-state index >= 15 is 0 Å². The Labute approximate surface area is 152 Å². The summed E-state index contributed by atoms with van der Waals surface area (Å²) in [5, 5.41) is 0. The standard InChI is InChI=1S/C17H20.C3H8.2C2H6/c1-4-14-7-6-8-16(11-14)17-12-15(5-2)10-9-13(17)3;1-3-2;2*1-2/h6-12H,4-5H2,1-3H3;3H2,1-2H3;2*1-2H3. The Kier molecular flexibility index (Phi) is 16.8. The van der Waals surface area contributed by atoms with Crippen LogP contribution in [-0.4, -0.2) is 0 Å². The van der Waals surface area contributed by atoms with Gasteiger partial charge < -0.3 is 0 Å². The van der Waals surface area contributed by atoms with Crippen molar-refractivity contribution in [3.05, 3.63) is 59.2 Å². The van der Waals surface area contributed by atoms with Gasteiger partial charge in [-0.1, -0.05) is 104 Å². The molecule has 0 heterocycles. The van der Waals surface area contributed by atoms with Crippen LogP contribution in [0.4, 0.5) is 0 Å². The first kappa shape index (κ1) is 24.7. The monoisotopic (exact) mass is 328 g/mol. The van der Waals surface area contributed by atoms with Crippen molar-refractivity contribution in [2.24, 2.45) is 0 Å². The molecule has 0 nitrogen and oxygen atoms in total. The van der Waals surface area contributed by atoms with Crippen molar-refractivity contribution in [1.29, 1.82) is 0 Å². The van der Waals surface area contributed by atoms with Crippen LogP contribution >= 0.6 is 0 Å². The fourth-order valence-electron chi connectivity index (χ4n) is 2.16. The molecule has 0 fully saturated rings. The summed E-state index contributed by atoms with van der Waals surface area (Å²) >= 11 is 0. The third-order valence-electron chi connectivity index (χ3n) is 3.36. The van der Waals surface area contributed by atoms with E-state index in [2.05, 4.69) is 77.1 Å². The summed E-state index contributed by atoms with van der Waals surface area (Å²) in [4.78, 5) is 0. The fourth-order valence-corrected chi connectivity index (χ4v) is 2.16. The van der Waals surface area contributed by atoms with Gasteiger partial charge in [0.05, 0.1) is 0 Å². The van der Waals surface area contributed by atoms with Crippen LogP contribution in [0.1, 0.15) is 78.5 Å². The molecule has 0 heteroatoms. The van der Waals surface area contributed by atoms with Gasteiger partial charge in [-0.3, -0.25) is 0 Å². The van der Waals surface area contributed by atoms with Crippen molar-refractivity contribution in [2.75, 3.05) is 0 Å². The van der Waals surface area contributed by atoms with Crippen LogP contribution in [0, 0.1) is 6.92 Å². The molecule has 0 saturated carbocycles. The molecule has 0 unspecified atom stereocenters. The average Bonchev–Trinajstić information content (AvgIpc) is 2.66. The van der Waals surface area contributed by atoms with Crippen LogP contribution in [-0.2, 0) is 12.8 Å². The van der Waals surface area contributed by atoms with E-state index in [-0.39, 0.29) is 0 Å². The second kappa shape index (κ2) is 16.3. The molecule has 2 aromatic rings. The number of hydrogen-bond acceptors (Lipinski definition) is 0. The highest BCUT2D eigenvalue weighted by Gasteiger charge is 2.03. The van der Waals surface area contributed by atoms with Gasteiger partial charge in [-0.15, -0.1) is 0 Å². The van der Waals surface area contributed by atoms with Crippen molar-refractivity contribution >= 4 is 0 Å². The molecule has 0 radical (unpaired) electrons. The maximum absolute atomic E-state index is 2.32. The quantitative estimate of drug-likeness (QED) is 0.532. The number of hydrogen-bond donors (Lipinski definition) is 0. The molecule has 0 amide bonds. The Morgan fingerprint density at radius 2 is 1.17 bits per heavy atom. The van der Waals surface area contributed by atoms with Crippen LogP contribution in [0.25, 0.3) is 11.1 Å². The van der Waals surface area contributed by atoms with Gasteiger partial charge in [0, 0.05) is 0 Å². The zero-order chi connectivity index (χ0) is 19.0. The van der Waals surface area contributed by atoms with Gasteiger partial charge in [0.25, 0.3) is 0 Å². The van der Waals surface area contributed by atoms with Crippen LogP contribution in [0.15, 0.2) is 42.5 Å². The predicted molar refractivity (Wildman–Crippen MR) is 114 cm³/mol. The predicted octanol–water partition coefficient (Wildman–Crippen LogP) is 8.26. The van der Waals surface area contributed by atoms with Gasteiger partial charge in [0.2, 0.25) is 0 Å². The first-order chi connectivity index (χ1) is 11.7. The Hall–Kier alpha value is -1.56. The normalized spacial score (nSPS) is 8.71. The maximum atomic E-state index is 2.32. The Morgan fingerprint density at radius 1 is 0.667 bits per heavy atom. The Balaban J connectivity index is 0. The molecule has 2 rings (SSSR count). The molecule has 0 saturated heterocycles. The van der Waals surface area contributed by atoms with E-state index in [1.165, 1.54) is 34.2 Å². The average molecular weight is 329 g/mol. The van der Waals surface area contributed by atoms with E-state index < -0.39 is 0 Å². The number of aryl methyl sites for hydroxylation is 3. The summed E-state index contributed by atoms with van der Waals surface area (Å²) in [7, 11) is 0. The van der Waals surface area contributed by atoms with E-state index in [4.69, 9.17) is 0 Å². The van der Waals surface area contributed by atoms with Crippen LogP contribution < -0.4 is 0 Å². The third kappa shape index (κ3) is 8.91. The largest absolute Gasteiger partial charge is 0.0683 e. The van der Waals surface area contributed by atoms with Gasteiger partial charge in [-0.2, -0.15) is 0 Å². The second-order valence-electron chi connectivity index (χ2n) is 5.26. The van der Waals surface area contributed by atoms with Crippen molar-refractivity contribution < 1.29 is 0 Å². The fraction of sp³-hybridized carbons (Fsp3) is 0.500. The van der Waals surface area contributed by atoms with Gasteiger partial charge in [-0.05, 0) is 47.6 Å². The summed E-state index contributed by atoms with van der Waals surface area (Å²) in [5.41, 5.74) is 6.89. The molecule has 0 aromatic heterocycles. The summed E-state index contributed by atoms with van der Waals surface area (Å²) in [6.45, 7) is 18.8. The molecule has 136 valence electrons. The van der Waals surface area contributed by atoms with Crippen LogP contribution in [0.5, 0.6) is 0 Å². The topological polar surface area (TPSA) is 0 Å². The van der Waals surface area contributed by atoms with Crippen LogP contribution in [0.2, 0.25) is 0 Å². The highest BCUT2D eigenvalue weighted by molar-refractivity contribution is 5.68. The Morgan fingerprint density at radius 3 is 1.67 bits per heavy atom. The molecule has 0 N–H and O–H groups in total. The van der Waals surface area contributed by atoms with E-state index in [1.54, 1.807) is 0 Å². The van der Waals surface area contributed by atoms with Crippen molar-refractivity contribution in [3.63, 3.8) is 0 Å². The molecule has 0 aliphatic heterocycles. The van der Waals surface area contributed by atoms with Crippen LogP contribution in [0.3, 0.4) is 0 Å². The zero-order valence-corrected chi connectivity index (χ0v) is 17.7. The van der Waals surface area contributed by atoms with E-state index in [0.29, 0.717) is 0 Å². The highest BCUT2D eigenvalue weighted by Crippen LogP contribution is 2.25. The second-order valence-corrected chi connectivity index (χ2v) is 5.26. The molecular weight excluding hydrogens is 288 g/mol. The molecule has 0 aliphatic rings. The molecule has 2 aromatic carbocycles. The van der Waals surface area contributed by atoms with Gasteiger partial charge in [0.1, 0.15) is 0 Å². The van der Waals surface area contributed by atoms with E-state index in [0.717, 1.165) is 12.8 Å². The molecular formula is C24H40. The summed E-state index contributed by atoms with van der Waals surface area (Å²) in [5.74, 6) is 0. The molecule has 0 aliphatic carbocycles. The summed E-state index contributed by atoms with van der Waals surface area (Å²) in [6, 6.07) is 15.6. The highest BCUT2D eigenvalue weighted by atomic mass is 14.1. The van der Waals surface area contributed by atoms with Crippen molar-refractivity contribution in [2.45, 2.75) is 81.6 Å². The lowest BCUT2D eigenvalue weighted by Gasteiger charge is -2.09. The minimum Gasteiger partial charge on any atom is -0.0683 e. The zero-order valence-electron chi connectivity index (χ0n) is 17.7. The minimum atomic E-state index is 1.10. The lowest BCUT2D eigenvalue weighted by atomic mass is 9.96. The molecule has 0 atom stereocenters. The van der Waals surface area contributed by atoms with Gasteiger partial charge >= 0.3 is 0 Å². The first-order valence-electron chi connectivity index (χ1n) is 9.84. The molecule has 0 spiro atoms. The Bertz CT molecular complexity index is 523. The van der Waals surface area contributed by atoms with E-state index in [1.807, 2.05) is 27.7 Å². The summed E-state index contributed by atoms with van der Waals surface area (Å²) < 4.78 is 0. The SMILES string of the molecule is CC.CC.CCC.CCc1cccc(-c2cc(CC)ccc2C)c1. The van der Waals surface area contributed by atoms with Gasteiger partial charge in [0.15, 0.2) is 0 Å². The van der Waals surface area contributed by atoms with Crippen molar-refractivity contribution in [1.82, 2.24) is 0 Å². The lowest BCUT2D eigenvalue weighted by Crippen LogP contribution is -1.88. The third-order valence-corrected chi connectivity index (χ3v) is 3.36. The smallest absolute Gasteiger partial charge is 0.0152 e. The maximum Gasteiger partial charge on any atom is -0.0152 e. The molecule has 0 bridgehead atoms. The number of rotatable bonds is 3. The van der Waals surface area contributed by atoms with Gasteiger partial charge in [-0.25, -0.2) is 0 Å². The number of benzene rings is 2. The minimum absolute atomic E-state index is 1.10. The van der Waals surface area contributed by atoms with E-state index in [9.17, 15) is 0 Å².